The molecular weight excluding hydrogens is 231 g/mol. The third-order valence-electron chi connectivity index (χ3n) is 2.36. The van der Waals surface area contributed by atoms with Crippen LogP contribution < -0.4 is 0 Å². The van der Waals surface area contributed by atoms with Crippen molar-refractivity contribution in [3.63, 3.8) is 0 Å². The number of rotatable bonds is 1. The molecule has 0 aliphatic carbocycles. The average Bonchev–Trinajstić information content (AvgIpc) is 2.27. The van der Waals surface area contributed by atoms with Gasteiger partial charge in [-0.25, -0.2) is 4.79 Å². The Labute approximate surface area is 94.4 Å². The molecule has 0 bridgehead atoms. The van der Waals surface area contributed by atoms with Gasteiger partial charge in [0.1, 0.15) is 0 Å². The highest BCUT2D eigenvalue weighted by molar-refractivity contribution is 5.90. The SMILES string of the molecule is O=C=Nc1ccc2ccccc2c1C(F)(F)F. The summed E-state index contributed by atoms with van der Waals surface area (Å²) in [4.78, 5) is 13.2. The lowest BCUT2D eigenvalue weighted by Gasteiger charge is -2.12. The lowest BCUT2D eigenvalue weighted by atomic mass is 10.0. The summed E-state index contributed by atoms with van der Waals surface area (Å²) in [7, 11) is 0. The van der Waals surface area contributed by atoms with Gasteiger partial charge >= 0.3 is 6.18 Å². The van der Waals surface area contributed by atoms with Gasteiger partial charge < -0.3 is 0 Å². The van der Waals surface area contributed by atoms with E-state index in [9.17, 15) is 18.0 Å². The van der Waals surface area contributed by atoms with Crippen molar-refractivity contribution in [2.75, 3.05) is 0 Å². The molecule has 0 amide bonds. The van der Waals surface area contributed by atoms with Gasteiger partial charge in [0.2, 0.25) is 6.08 Å². The van der Waals surface area contributed by atoms with Crippen molar-refractivity contribution in [1.82, 2.24) is 0 Å². The zero-order valence-corrected chi connectivity index (χ0v) is 8.45. The van der Waals surface area contributed by atoms with E-state index in [0.29, 0.717) is 5.39 Å². The van der Waals surface area contributed by atoms with E-state index in [1.54, 1.807) is 12.1 Å². The molecule has 0 aliphatic rings. The molecule has 5 heteroatoms. The monoisotopic (exact) mass is 237 g/mol. The van der Waals surface area contributed by atoms with E-state index in [4.69, 9.17) is 0 Å². The minimum Gasteiger partial charge on any atom is -0.211 e. The Morgan fingerprint density at radius 1 is 1.06 bits per heavy atom. The third kappa shape index (κ3) is 2.05. The molecule has 0 saturated carbocycles. The smallest absolute Gasteiger partial charge is 0.211 e. The van der Waals surface area contributed by atoms with Crippen LogP contribution in [-0.2, 0) is 11.0 Å². The molecule has 0 aliphatic heterocycles. The minimum atomic E-state index is -4.56. The fraction of sp³-hybridized carbons (Fsp3) is 0.0833. The topological polar surface area (TPSA) is 29.4 Å². The zero-order valence-electron chi connectivity index (χ0n) is 8.45. The lowest BCUT2D eigenvalue weighted by molar-refractivity contribution is -0.135. The van der Waals surface area contributed by atoms with Gasteiger partial charge in [-0.2, -0.15) is 18.2 Å². The van der Waals surface area contributed by atoms with E-state index in [-0.39, 0.29) is 5.39 Å². The molecule has 0 radical (unpaired) electrons. The predicted octanol–water partition coefficient (Wildman–Crippen LogP) is 3.83. The van der Waals surface area contributed by atoms with Crippen molar-refractivity contribution in [3.8, 4) is 0 Å². The fourth-order valence-corrected chi connectivity index (χ4v) is 1.70. The van der Waals surface area contributed by atoms with Crippen molar-refractivity contribution in [3.05, 3.63) is 42.0 Å². The fourth-order valence-electron chi connectivity index (χ4n) is 1.70. The van der Waals surface area contributed by atoms with E-state index in [0.717, 1.165) is 12.1 Å². The number of carbonyl (C=O) groups excluding carboxylic acids is 1. The number of hydrogen-bond donors (Lipinski definition) is 0. The standard InChI is InChI=1S/C12H6F3NO/c13-12(14,15)11-9-4-2-1-3-8(9)5-6-10(11)16-7-17/h1-6H. The van der Waals surface area contributed by atoms with Gasteiger partial charge in [0, 0.05) is 0 Å². The second kappa shape index (κ2) is 4.03. The molecule has 2 rings (SSSR count). The van der Waals surface area contributed by atoms with E-state index >= 15 is 0 Å². The van der Waals surface area contributed by atoms with Crippen LogP contribution in [0.25, 0.3) is 10.8 Å². The maximum atomic E-state index is 12.9. The quantitative estimate of drug-likeness (QED) is 0.547. The average molecular weight is 237 g/mol. The molecule has 2 nitrogen and oxygen atoms in total. The summed E-state index contributed by atoms with van der Waals surface area (Å²) in [6.45, 7) is 0. The third-order valence-corrected chi connectivity index (χ3v) is 2.36. The minimum absolute atomic E-state index is 0.0245. The van der Waals surface area contributed by atoms with Crippen molar-refractivity contribution >= 4 is 22.5 Å². The van der Waals surface area contributed by atoms with Crippen molar-refractivity contribution in [2.24, 2.45) is 4.99 Å². The summed E-state index contributed by atoms with van der Waals surface area (Å²) in [6, 6.07) is 8.72. The number of hydrogen-bond acceptors (Lipinski definition) is 2. The first-order chi connectivity index (χ1) is 8.04. The second-order valence-corrected chi connectivity index (χ2v) is 3.38. The summed E-state index contributed by atoms with van der Waals surface area (Å²) >= 11 is 0. The van der Waals surface area contributed by atoms with Gasteiger partial charge in [0.25, 0.3) is 0 Å². The molecular formula is C12H6F3NO. The highest BCUT2D eigenvalue weighted by Crippen LogP contribution is 2.40. The van der Waals surface area contributed by atoms with Gasteiger partial charge in [-0.05, 0) is 16.8 Å². The molecule has 0 saturated heterocycles. The number of alkyl halides is 3. The Bertz CT molecular complexity index is 613. The van der Waals surface area contributed by atoms with Crippen LogP contribution in [0.2, 0.25) is 0 Å². The van der Waals surface area contributed by atoms with Gasteiger partial charge in [-0.15, -0.1) is 0 Å². The highest BCUT2D eigenvalue weighted by Gasteiger charge is 2.35. The van der Waals surface area contributed by atoms with E-state index in [1.165, 1.54) is 18.2 Å². The van der Waals surface area contributed by atoms with Crippen LogP contribution in [0.3, 0.4) is 0 Å². The number of nitrogens with zero attached hydrogens (tertiary/aromatic N) is 1. The first kappa shape index (κ1) is 11.4. The Balaban J connectivity index is 2.89. The lowest BCUT2D eigenvalue weighted by Crippen LogP contribution is -2.06. The van der Waals surface area contributed by atoms with E-state index < -0.39 is 17.4 Å². The molecule has 0 unspecified atom stereocenters. The molecule has 0 aromatic heterocycles. The molecule has 2 aromatic rings. The Morgan fingerprint density at radius 2 is 1.76 bits per heavy atom. The van der Waals surface area contributed by atoms with Gasteiger partial charge in [-0.1, -0.05) is 30.3 Å². The maximum Gasteiger partial charge on any atom is 0.419 e. The maximum absolute atomic E-state index is 12.9. The van der Waals surface area contributed by atoms with Gasteiger partial charge in [0.15, 0.2) is 0 Å². The van der Waals surface area contributed by atoms with Crippen molar-refractivity contribution in [2.45, 2.75) is 6.18 Å². The largest absolute Gasteiger partial charge is 0.419 e. The number of fused-ring (bicyclic) bond motifs is 1. The number of aliphatic imine (C=N–C) groups is 1. The summed E-state index contributed by atoms with van der Waals surface area (Å²) < 4.78 is 38.7. The van der Waals surface area contributed by atoms with Crippen LogP contribution in [-0.4, -0.2) is 6.08 Å². The predicted molar refractivity (Wildman–Crippen MR) is 56.7 cm³/mol. The van der Waals surface area contributed by atoms with Gasteiger partial charge in [0.05, 0.1) is 11.3 Å². The molecule has 0 spiro atoms. The Hall–Kier alpha value is -2.13. The van der Waals surface area contributed by atoms with Crippen LogP contribution in [0, 0.1) is 0 Å². The molecule has 0 fully saturated rings. The second-order valence-electron chi connectivity index (χ2n) is 3.38. The Kier molecular flexibility index (Phi) is 2.69. The number of isocyanates is 1. The van der Waals surface area contributed by atoms with Crippen LogP contribution in [0.15, 0.2) is 41.4 Å². The number of benzene rings is 2. The molecule has 2 aromatic carbocycles. The molecule has 0 heterocycles. The summed E-state index contributed by atoms with van der Waals surface area (Å²) in [5.74, 6) is 0. The molecule has 0 atom stereocenters. The highest BCUT2D eigenvalue weighted by atomic mass is 19.4. The van der Waals surface area contributed by atoms with E-state index in [1.807, 2.05) is 0 Å². The van der Waals surface area contributed by atoms with Crippen molar-refractivity contribution < 1.29 is 18.0 Å². The summed E-state index contributed by atoms with van der Waals surface area (Å²) in [6.07, 6.45) is -3.42. The molecule has 17 heavy (non-hydrogen) atoms. The Morgan fingerprint density at radius 3 is 2.41 bits per heavy atom. The first-order valence-electron chi connectivity index (χ1n) is 4.71. The summed E-state index contributed by atoms with van der Waals surface area (Å²) in [5.41, 5.74) is -1.31. The number of halogens is 3. The molecule has 86 valence electrons. The van der Waals surface area contributed by atoms with Crippen LogP contribution in [0.1, 0.15) is 5.56 Å². The summed E-state index contributed by atoms with van der Waals surface area (Å²) in [5, 5.41) is 0.473. The zero-order chi connectivity index (χ0) is 12.5. The van der Waals surface area contributed by atoms with Gasteiger partial charge in [-0.3, -0.25) is 0 Å². The van der Waals surface area contributed by atoms with Crippen molar-refractivity contribution in [1.29, 1.82) is 0 Å². The first-order valence-corrected chi connectivity index (χ1v) is 4.71. The van der Waals surface area contributed by atoms with Crippen LogP contribution in [0.4, 0.5) is 18.9 Å². The van der Waals surface area contributed by atoms with Crippen LogP contribution >= 0.6 is 0 Å². The normalized spacial score (nSPS) is 11.2. The van der Waals surface area contributed by atoms with E-state index in [2.05, 4.69) is 4.99 Å². The molecule has 0 N–H and O–H groups in total. The van der Waals surface area contributed by atoms with Crippen LogP contribution in [0.5, 0.6) is 0 Å².